The molecule has 1 amide bonds. The maximum atomic E-state index is 13.4. The van der Waals surface area contributed by atoms with Crippen molar-refractivity contribution in [3.05, 3.63) is 58.1 Å². The second kappa shape index (κ2) is 6.00. The zero-order chi connectivity index (χ0) is 14.7. The number of nitrogen functional groups attached to an aromatic ring is 1. The average Bonchev–Trinajstić information content (AvgIpc) is 2.36. The summed E-state index contributed by atoms with van der Waals surface area (Å²) in [6.07, 6.45) is -0.178. The highest BCUT2D eigenvalue weighted by Gasteiger charge is 2.10. The maximum Gasteiger partial charge on any atom is 0.228 e. The van der Waals surface area contributed by atoms with Gasteiger partial charge in [0.15, 0.2) is 0 Å². The van der Waals surface area contributed by atoms with Crippen LogP contribution in [0.2, 0.25) is 0 Å². The zero-order valence-corrected chi connectivity index (χ0v) is 11.9. The third-order valence-electron chi connectivity index (χ3n) is 2.63. The van der Waals surface area contributed by atoms with E-state index in [4.69, 9.17) is 5.73 Å². The Morgan fingerprint density at radius 3 is 2.60 bits per heavy atom. The van der Waals surface area contributed by atoms with E-state index in [-0.39, 0.29) is 12.0 Å². The van der Waals surface area contributed by atoms with Crippen LogP contribution in [-0.2, 0) is 11.2 Å². The molecule has 3 N–H and O–H groups in total. The molecule has 0 saturated carbocycles. The van der Waals surface area contributed by atoms with Crippen molar-refractivity contribution in [1.82, 2.24) is 0 Å². The fraction of sp³-hybridized carbons (Fsp3) is 0.0714. The first-order valence-corrected chi connectivity index (χ1v) is 6.54. The summed E-state index contributed by atoms with van der Waals surface area (Å²) in [7, 11) is 0. The van der Waals surface area contributed by atoms with E-state index in [9.17, 15) is 13.6 Å². The number of anilines is 2. The highest BCUT2D eigenvalue weighted by molar-refractivity contribution is 9.10. The molecule has 3 nitrogen and oxygen atoms in total. The lowest BCUT2D eigenvalue weighted by molar-refractivity contribution is -0.115. The molecule has 0 saturated heterocycles. The summed E-state index contributed by atoms with van der Waals surface area (Å²) >= 11 is 3.27. The summed E-state index contributed by atoms with van der Waals surface area (Å²) in [5.41, 5.74) is 6.81. The van der Waals surface area contributed by atoms with Gasteiger partial charge in [-0.05, 0) is 45.8 Å². The number of nitrogens with one attached hydrogen (secondary N) is 1. The van der Waals surface area contributed by atoms with E-state index in [2.05, 4.69) is 21.2 Å². The Labute approximate surface area is 122 Å². The van der Waals surface area contributed by atoms with Crippen molar-refractivity contribution < 1.29 is 13.6 Å². The van der Waals surface area contributed by atoms with E-state index in [0.29, 0.717) is 15.8 Å². The third kappa shape index (κ3) is 3.54. The molecule has 104 valence electrons. The number of hydrogen-bond acceptors (Lipinski definition) is 2. The number of benzene rings is 2. The van der Waals surface area contributed by atoms with Crippen LogP contribution >= 0.6 is 15.9 Å². The predicted octanol–water partition coefficient (Wildman–Crippen LogP) is 3.49. The third-order valence-corrected chi connectivity index (χ3v) is 3.29. The Morgan fingerprint density at radius 2 is 1.95 bits per heavy atom. The van der Waals surface area contributed by atoms with Gasteiger partial charge in [0.05, 0.1) is 12.1 Å². The number of carbonyl (C=O) groups excluding carboxylic acids is 1. The normalized spacial score (nSPS) is 10.3. The molecule has 6 heteroatoms. The zero-order valence-electron chi connectivity index (χ0n) is 10.3. The van der Waals surface area contributed by atoms with Gasteiger partial charge in [-0.3, -0.25) is 4.79 Å². The number of rotatable bonds is 3. The Bertz CT molecular complexity index is 606. The topological polar surface area (TPSA) is 55.1 Å². The summed E-state index contributed by atoms with van der Waals surface area (Å²) in [5.74, 6) is -1.81. The second-order valence-corrected chi connectivity index (χ2v) is 5.05. The molecular weight excluding hydrogens is 330 g/mol. The summed E-state index contributed by atoms with van der Waals surface area (Å²) in [6.45, 7) is 0. The second-order valence-electron chi connectivity index (χ2n) is 4.20. The minimum Gasteiger partial charge on any atom is -0.399 e. The van der Waals surface area contributed by atoms with Crippen molar-refractivity contribution in [3.8, 4) is 0 Å². The highest BCUT2D eigenvalue weighted by Crippen LogP contribution is 2.24. The van der Waals surface area contributed by atoms with E-state index < -0.39 is 17.5 Å². The van der Waals surface area contributed by atoms with Crippen molar-refractivity contribution in [2.75, 3.05) is 11.1 Å². The maximum absolute atomic E-state index is 13.4. The molecule has 0 radical (unpaired) electrons. The van der Waals surface area contributed by atoms with E-state index >= 15 is 0 Å². The monoisotopic (exact) mass is 340 g/mol. The minimum atomic E-state index is -0.739. The van der Waals surface area contributed by atoms with Crippen LogP contribution in [0.15, 0.2) is 40.9 Å². The Balaban J connectivity index is 2.09. The molecule has 0 aliphatic rings. The summed E-state index contributed by atoms with van der Waals surface area (Å²) in [6, 6.07) is 8.04. The SMILES string of the molecule is Nc1ccc(NC(=O)Cc2ccc(F)cc2F)c(Br)c1. The molecule has 0 unspecified atom stereocenters. The molecule has 0 aromatic heterocycles. The van der Waals surface area contributed by atoms with Crippen LogP contribution in [0.5, 0.6) is 0 Å². The van der Waals surface area contributed by atoms with Crippen molar-refractivity contribution in [2.24, 2.45) is 0 Å². The van der Waals surface area contributed by atoms with Crippen molar-refractivity contribution in [1.29, 1.82) is 0 Å². The van der Waals surface area contributed by atoms with Gasteiger partial charge in [-0.2, -0.15) is 0 Å². The van der Waals surface area contributed by atoms with Gasteiger partial charge < -0.3 is 11.1 Å². The molecule has 2 aromatic carbocycles. The smallest absolute Gasteiger partial charge is 0.228 e. The van der Waals surface area contributed by atoms with Crippen molar-refractivity contribution in [3.63, 3.8) is 0 Å². The summed E-state index contributed by atoms with van der Waals surface area (Å²) in [4.78, 5) is 11.8. The molecule has 0 aliphatic heterocycles. The van der Waals surface area contributed by atoms with E-state index in [1.54, 1.807) is 18.2 Å². The highest BCUT2D eigenvalue weighted by atomic mass is 79.9. The van der Waals surface area contributed by atoms with Gasteiger partial charge in [-0.1, -0.05) is 6.07 Å². The molecule has 20 heavy (non-hydrogen) atoms. The van der Waals surface area contributed by atoms with Gasteiger partial charge in [0.2, 0.25) is 5.91 Å². The van der Waals surface area contributed by atoms with Gasteiger partial charge in [0.25, 0.3) is 0 Å². The fourth-order valence-corrected chi connectivity index (χ4v) is 2.16. The number of hydrogen-bond donors (Lipinski definition) is 2. The lowest BCUT2D eigenvalue weighted by atomic mass is 10.1. The van der Waals surface area contributed by atoms with Crippen LogP contribution in [0.25, 0.3) is 0 Å². The Hall–Kier alpha value is -1.95. The molecular formula is C14H11BrF2N2O. The van der Waals surface area contributed by atoms with E-state index in [1.165, 1.54) is 6.07 Å². The first kappa shape index (κ1) is 14.5. The molecule has 0 bridgehead atoms. The quantitative estimate of drug-likeness (QED) is 0.840. The average molecular weight is 341 g/mol. The van der Waals surface area contributed by atoms with Gasteiger partial charge in [-0.25, -0.2) is 8.78 Å². The van der Waals surface area contributed by atoms with Crippen LogP contribution in [0.3, 0.4) is 0 Å². The summed E-state index contributed by atoms with van der Waals surface area (Å²) < 4.78 is 26.8. The van der Waals surface area contributed by atoms with Crippen LogP contribution in [0.4, 0.5) is 20.2 Å². The van der Waals surface area contributed by atoms with Crippen molar-refractivity contribution >= 4 is 33.2 Å². The lowest BCUT2D eigenvalue weighted by Crippen LogP contribution is -2.15. The Morgan fingerprint density at radius 1 is 1.20 bits per heavy atom. The summed E-state index contributed by atoms with van der Waals surface area (Å²) in [5, 5.41) is 2.63. The van der Waals surface area contributed by atoms with Crippen LogP contribution in [0.1, 0.15) is 5.56 Å². The molecule has 2 rings (SSSR count). The first-order chi connectivity index (χ1) is 9.45. The number of nitrogens with two attached hydrogens (primary N) is 1. The lowest BCUT2D eigenvalue weighted by Gasteiger charge is -2.08. The predicted molar refractivity (Wildman–Crippen MR) is 77.2 cm³/mol. The van der Waals surface area contributed by atoms with E-state index in [0.717, 1.165) is 12.1 Å². The van der Waals surface area contributed by atoms with Crippen LogP contribution in [-0.4, -0.2) is 5.91 Å². The molecule has 0 heterocycles. The van der Waals surface area contributed by atoms with Gasteiger partial charge in [0, 0.05) is 16.2 Å². The number of halogens is 3. The van der Waals surface area contributed by atoms with Crippen LogP contribution < -0.4 is 11.1 Å². The molecule has 0 atom stereocenters. The first-order valence-electron chi connectivity index (χ1n) is 5.74. The number of carbonyl (C=O) groups is 1. The molecule has 0 aliphatic carbocycles. The van der Waals surface area contributed by atoms with Crippen LogP contribution in [0, 0.1) is 11.6 Å². The Kier molecular flexibility index (Phi) is 4.34. The standard InChI is InChI=1S/C14H11BrF2N2O/c15-11-7-10(18)3-4-13(11)19-14(20)5-8-1-2-9(16)6-12(8)17/h1-4,6-7H,5,18H2,(H,19,20). The number of amides is 1. The van der Waals surface area contributed by atoms with Gasteiger partial charge in [0.1, 0.15) is 11.6 Å². The van der Waals surface area contributed by atoms with E-state index in [1.807, 2.05) is 0 Å². The molecule has 2 aromatic rings. The molecule has 0 fully saturated rings. The molecule has 0 spiro atoms. The van der Waals surface area contributed by atoms with Gasteiger partial charge >= 0.3 is 0 Å². The van der Waals surface area contributed by atoms with Crippen molar-refractivity contribution in [2.45, 2.75) is 6.42 Å². The van der Waals surface area contributed by atoms with Gasteiger partial charge in [-0.15, -0.1) is 0 Å². The fourth-order valence-electron chi connectivity index (χ4n) is 1.67. The largest absolute Gasteiger partial charge is 0.399 e. The minimum absolute atomic E-state index is 0.135.